The molecule has 0 aliphatic carbocycles. The predicted octanol–water partition coefficient (Wildman–Crippen LogP) is 3.65. The fraction of sp³-hybridized carbons (Fsp3) is 0.273. The fourth-order valence-corrected chi connectivity index (χ4v) is 3.39. The average Bonchev–Trinajstić information content (AvgIpc) is 3.09. The lowest BCUT2D eigenvalue weighted by molar-refractivity contribution is 0.102. The average molecular weight is 376 g/mol. The zero-order valence-corrected chi connectivity index (χ0v) is 16.2. The maximum absolute atomic E-state index is 12.8. The molecule has 2 heterocycles. The van der Waals surface area contributed by atoms with Crippen molar-refractivity contribution in [2.45, 2.75) is 6.92 Å². The minimum absolute atomic E-state index is 0.173. The lowest BCUT2D eigenvalue weighted by Crippen LogP contribution is -2.44. The van der Waals surface area contributed by atoms with Crippen LogP contribution in [0.15, 0.2) is 59.1 Å². The Bertz CT molecular complexity index is 942. The highest BCUT2D eigenvalue weighted by atomic mass is 16.5. The number of amides is 1. The summed E-state index contributed by atoms with van der Waals surface area (Å²) in [7, 11) is 2.14. The first-order chi connectivity index (χ1) is 13.6. The molecule has 4 rings (SSSR count). The van der Waals surface area contributed by atoms with Crippen molar-refractivity contribution in [1.82, 2.24) is 10.1 Å². The zero-order valence-electron chi connectivity index (χ0n) is 16.2. The molecule has 3 aromatic rings. The van der Waals surface area contributed by atoms with Crippen LogP contribution < -0.4 is 10.2 Å². The SMILES string of the molecule is Cc1onc(-c2ccccc2)c1NC(=O)c1ccc(N2CCN(C)CC2)cc1. The van der Waals surface area contributed by atoms with Crippen LogP contribution in [0, 0.1) is 6.92 Å². The second kappa shape index (κ2) is 7.86. The molecule has 1 saturated heterocycles. The Morgan fingerprint density at radius 1 is 1.00 bits per heavy atom. The molecule has 0 saturated carbocycles. The Balaban J connectivity index is 1.50. The summed E-state index contributed by atoms with van der Waals surface area (Å²) < 4.78 is 5.32. The number of benzene rings is 2. The lowest BCUT2D eigenvalue weighted by atomic mass is 10.1. The van der Waals surface area contributed by atoms with Gasteiger partial charge in [-0.15, -0.1) is 0 Å². The van der Waals surface area contributed by atoms with Crippen molar-refractivity contribution in [2.24, 2.45) is 0 Å². The number of anilines is 2. The summed E-state index contributed by atoms with van der Waals surface area (Å²) in [6.45, 7) is 5.91. The summed E-state index contributed by atoms with van der Waals surface area (Å²) >= 11 is 0. The molecular formula is C22H24N4O2. The third kappa shape index (κ3) is 3.77. The van der Waals surface area contributed by atoms with Crippen molar-refractivity contribution in [2.75, 3.05) is 43.4 Å². The number of rotatable bonds is 4. The molecule has 0 radical (unpaired) electrons. The van der Waals surface area contributed by atoms with E-state index >= 15 is 0 Å². The van der Waals surface area contributed by atoms with Crippen LogP contribution in [0.25, 0.3) is 11.3 Å². The first kappa shape index (κ1) is 18.3. The van der Waals surface area contributed by atoms with Gasteiger partial charge < -0.3 is 19.6 Å². The minimum Gasteiger partial charge on any atom is -0.369 e. The highest BCUT2D eigenvalue weighted by molar-refractivity contribution is 6.06. The van der Waals surface area contributed by atoms with E-state index in [2.05, 4.69) is 27.3 Å². The van der Waals surface area contributed by atoms with Crippen molar-refractivity contribution in [3.05, 3.63) is 65.9 Å². The molecule has 144 valence electrons. The van der Waals surface area contributed by atoms with E-state index in [4.69, 9.17) is 4.52 Å². The second-order valence-corrected chi connectivity index (χ2v) is 7.12. The highest BCUT2D eigenvalue weighted by Crippen LogP contribution is 2.30. The third-order valence-corrected chi connectivity index (χ3v) is 5.15. The highest BCUT2D eigenvalue weighted by Gasteiger charge is 2.19. The molecule has 1 aliphatic heterocycles. The fourth-order valence-electron chi connectivity index (χ4n) is 3.39. The van der Waals surface area contributed by atoms with Crippen LogP contribution in [0.2, 0.25) is 0 Å². The standard InChI is InChI=1S/C22H24N4O2/c1-16-20(21(24-28-16)17-6-4-3-5-7-17)23-22(27)18-8-10-19(11-9-18)26-14-12-25(2)13-15-26/h3-11H,12-15H2,1-2H3,(H,23,27). The van der Waals surface area contributed by atoms with Crippen LogP contribution in [0.4, 0.5) is 11.4 Å². The quantitative estimate of drug-likeness (QED) is 0.753. The largest absolute Gasteiger partial charge is 0.369 e. The summed E-state index contributed by atoms with van der Waals surface area (Å²) in [5.41, 5.74) is 3.91. The Morgan fingerprint density at radius 3 is 2.36 bits per heavy atom. The van der Waals surface area contributed by atoms with Crippen LogP contribution in [-0.2, 0) is 0 Å². The maximum Gasteiger partial charge on any atom is 0.255 e. The topological polar surface area (TPSA) is 61.6 Å². The van der Waals surface area contributed by atoms with Crippen molar-refractivity contribution >= 4 is 17.3 Å². The predicted molar refractivity (Wildman–Crippen MR) is 111 cm³/mol. The van der Waals surface area contributed by atoms with Crippen LogP contribution in [-0.4, -0.2) is 49.2 Å². The number of nitrogens with zero attached hydrogens (tertiary/aromatic N) is 3. The molecule has 0 bridgehead atoms. The molecule has 1 aliphatic rings. The zero-order chi connectivity index (χ0) is 19.5. The second-order valence-electron chi connectivity index (χ2n) is 7.12. The Kier molecular flexibility index (Phi) is 5.12. The van der Waals surface area contributed by atoms with Gasteiger partial charge in [-0.3, -0.25) is 4.79 Å². The molecule has 2 aromatic carbocycles. The van der Waals surface area contributed by atoms with Crippen molar-refractivity contribution in [3.63, 3.8) is 0 Å². The summed E-state index contributed by atoms with van der Waals surface area (Å²) in [5.74, 6) is 0.412. The van der Waals surface area contributed by atoms with Crippen LogP contribution in [0.3, 0.4) is 0 Å². The van der Waals surface area contributed by atoms with Gasteiger partial charge in [-0.1, -0.05) is 35.5 Å². The number of hydrogen-bond acceptors (Lipinski definition) is 5. The van der Waals surface area contributed by atoms with E-state index in [0.717, 1.165) is 37.4 Å². The summed E-state index contributed by atoms with van der Waals surface area (Å²) in [4.78, 5) is 17.4. The minimum atomic E-state index is -0.173. The molecule has 6 nitrogen and oxygen atoms in total. The van der Waals surface area contributed by atoms with Gasteiger partial charge in [0.25, 0.3) is 5.91 Å². The van der Waals surface area contributed by atoms with Crippen molar-refractivity contribution in [3.8, 4) is 11.3 Å². The molecule has 1 aromatic heterocycles. The number of carbonyl (C=O) groups excluding carboxylic acids is 1. The maximum atomic E-state index is 12.8. The van der Waals surface area contributed by atoms with Crippen LogP contribution >= 0.6 is 0 Å². The Morgan fingerprint density at radius 2 is 1.68 bits per heavy atom. The van der Waals surface area contributed by atoms with Gasteiger partial charge in [0.2, 0.25) is 0 Å². The number of likely N-dealkylation sites (N-methyl/N-ethyl adjacent to an activating group) is 1. The van der Waals surface area contributed by atoms with Crippen LogP contribution in [0.5, 0.6) is 0 Å². The number of aryl methyl sites for hydroxylation is 1. The first-order valence-corrected chi connectivity index (χ1v) is 9.48. The van der Waals surface area contributed by atoms with Crippen LogP contribution in [0.1, 0.15) is 16.1 Å². The molecule has 28 heavy (non-hydrogen) atoms. The van der Waals surface area contributed by atoms with Gasteiger partial charge >= 0.3 is 0 Å². The number of carbonyl (C=O) groups is 1. The van der Waals surface area contributed by atoms with Gasteiger partial charge in [-0.05, 0) is 38.2 Å². The molecule has 1 fully saturated rings. The summed E-state index contributed by atoms with van der Waals surface area (Å²) in [6.07, 6.45) is 0. The molecule has 6 heteroatoms. The van der Waals surface area contributed by atoms with Gasteiger partial charge in [0.1, 0.15) is 11.4 Å². The number of hydrogen-bond donors (Lipinski definition) is 1. The van der Waals surface area contributed by atoms with E-state index in [1.165, 1.54) is 0 Å². The van der Waals surface area contributed by atoms with Crippen molar-refractivity contribution in [1.29, 1.82) is 0 Å². The van der Waals surface area contributed by atoms with E-state index in [-0.39, 0.29) is 5.91 Å². The summed E-state index contributed by atoms with van der Waals surface area (Å²) in [5, 5.41) is 7.08. The summed E-state index contributed by atoms with van der Waals surface area (Å²) in [6, 6.07) is 17.5. The number of aromatic nitrogens is 1. The van der Waals surface area contributed by atoms with E-state index in [0.29, 0.717) is 22.7 Å². The molecule has 1 N–H and O–H groups in total. The molecule has 0 atom stereocenters. The molecular weight excluding hydrogens is 352 g/mol. The van der Waals surface area contributed by atoms with E-state index in [9.17, 15) is 4.79 Å². The Labute approximate surface area is 164 Å². The smallest absolute Gasteiger partial charge is 0.255 e. The van der Waals surface area contributed by atoms with E-state index < -0.39 is 0 Å². The van der Waals surface area contributed by atoms with E-state index in [1.807, 2.05) is 54.6 Å². The number of nitrogens with one attached hydrogen (secondary N) is 1. The molecule has 1 amide bonds. The van der Waals surface area contributed by atoms with Gasteiger partial charge in [0, 0.05) is 43.0 Å². The molecule has 0 spiro atoms. The van der Waals surface area contributed by atoms with Gasteiger partial charge in [0.05, 0.1) is 0 Å². The van der Waals surface area contributed by atoms with Crippen molar-refractivity contribution < 1.29 is 9.32 Å². The third-order valence-electron chi connectivity index (χ3n) is 5.15. The first-order valence-electron chi connectivity index (χ1n) is 9.48. The lowest BCUT2D eigenvalue weighted by Gasteiger charge is -2.34. The normalized spacial score (nSPS) is 14.9. The van der Waals surface area contributed by atoms with Gasteiger partial charge in [-0.2, -0.15) is 0 Å². The number of piperazine rings is 1. The van der Waals surface area contributed by atoms with E-state index in [1.54, 1.807) is 6.92 Å². The molecule has 0 unspecified atom stereocenters. The van der Waals surface area contributed by atoms with Gasteiger partial charge in [0.15, 0.2) is 5.76 Å². The Hall–Kier alpha value is -3.12. The van der Waals surface area contributed by atoms with Gasteiger partial charge in [-0.25, -0.2) is 0 Å². The monoisotopic (exact) mass is 376 g/mol.